The molecule has 10 nitrogen and oxygen atoms in total. The fraction of sp³-hybridized carbons (Fsp3) is 0.538. The molecule has 36 heavy (non-hydrogen) atoms. The van der Waals surface area contributed by atoms with Crippen molar-refractivity contribution in [3.8, 4) is 0 Å². The largest absolute Gasteiger partial charge is 0.480 e. The molecule has 0 saturated carbocycles. The molecule has 0 unspecified atom stereocenters. The molecule has 2 rings (SSSR count). The quantitative estimate of drug-likeness (QED) is 0.446. The first-order valence-electron chi connectivity index (χ1n) is 12.4. The van der Waals surface area contributed by atoms with Gasteiger partial charge >= 0.3 is 18.0 Å². The summed E-state index contributed by atoms with van der Waals surface area (Å²) in [7, 11) is -0.0445. The molecule has 1 heterocycles. The highest BCUT2D eigenvalue weighted by Crippen LogP contribution is 2.22. The Bertz CT molecular complexity index is 1130. The van der Waals surface area contributed by atoms with E-state index in [1.807, 2.05) is 24.3 Å². The first-order chi connectivity index (χ1) is 17.1. The number of hydrogen-bond acceptors (Lipinski definition) is 6. The molecular formula is C26H37N3O7. The van der Waals surface area contributed by atoms with Crippen LogP contribution in [-0.4, -0.2) is 56.9 Å². The molecule has 1 aromatic heterocycles. The third-order valence-electron chi connectivity index (χ3n) is 4.97. The van der Waals surface area contributed by atoms with E-state index in [-0.39, 0.29) is 26.3 Å². The van der Waals surface area contributed by atoms with Gasteiger partial charge in [0.25, 0.3) is 0 Å². The summed E-state index contributed by atoms with van der Waals surface area (Å²) in [5, 5.41) is 15.5. The minimum absolute atomic E-state index is 0.0419. The van der Waals surface area contributed by atoms with E-state index in [1.54, 1.807) is 52.3 Å². The molecule has 2 aromatic rings. The van der Waals surface area contributed by atoms with Crippen molar-refractivity contribution < 1.29 is 35.1 Å². The maximum absolute atomic E-state index is 13.1. The number of para-hydroxylation sites is 1. The molecule has 0 aliphatic heterocycles. The number of rotatable bonds is 9. The van der Waals surface area contributed by atoms with Gasteiger partial charge < -0.3 is 29.8 Å². The van der Waals surface area contributed by atoms with Crippen LogP contribution in [0.1, 0.15) is 61.3 Å². The molecule has 0 bridgehead atoms. The zero-order valence-corrected chi connectivity index (χ0v) is 21.7. The number of aryl methyl sites for hydroxylation is 1. The van der Waals surface area contributed by atoms with E-state index < -0.39 is 47.2 Å². The van der Waals surface area contributed by atoms with Crippen LogP contribution in [0.3, 0.4) is 0 Å². The highest BCUT2D eigenvalue weighted by Gasteiger charge is 2.30. The number of carboxylic acid groups (broad SMARTS) is 1. The van der Waals surface area contributed by atoms with E-state index in [4.69, 9.17) is 10.8 Å². The Kier molecular flexibility index (Phi) is 8.60. The van der Waals surface area contributed by atoms with Gasteiger partial charge in [-0.25, -0.2) is 9.59 Å². The van der Waals surface area contributed by atoms with Gasteiger partial charge in [0.1, 0.15) is 23.3 Å². The molecule has 0 radical (unpaired) electrons. The number of nitrogens with zero attached hydrogens (tertiary/aromatic N) is 1. The average molecular weight is 505 g/mol. The molecule has 0 aliphatic carbocycles. The number of aromatic nitrogens is 1. The molecule has 10 heteroatoms. The van der Waals surface area contributed by atoms with E-state index in [0.29, 0.717) is 5.56 Å². The van der Waals surface area contributed by atoms with Crippen LogP contribution in [0.5, 0.6) is 0 Å². The minimum Gasteiger partial charge on any atom is -0.480 e. The fourth-order valence-corrected chi connectivity index (χ4v) is 3.55. The van der Waals surface area contributed by atoms with Gasteiger partial charge in [-0.3, -0.25) is 9.59 Å². The number of hydrogen-bond donors (Lipinski definition) is 3. The lowest BCUT2D eigenvalue weighted by atomic mass is 10.0. The number of ether oxygens (including phenoxy) is 2. The van der Waals surface area contributed by atoms with Crippen LogP contribution in [0.15, 0.2) is 30.5 Å². The van der Waals surface area contributed by atoms with Crippen molar-refractivity contribution in [3.05, 3.63) is 36.0 Å². The second-order valence-corrected chi connectivity index (χ2v) is 10.6. The Balaban J connectivity index is 2.21. The van der Waals surface area contributed by atoms with Crippen molar-refractivity contribution in [1.82, 2.24) is 15.2 Å². The number of benzene rings is 1. The second-order valence-electron chi connectivity index (χ2n) is 10.6. The van der Waals surface area contributed by atoms with Gasteiger partial charge in [-0.15, -0.1) is 0 Å². The Morgan fingerprint density at radius 2 is 1.64 bits per heavy atom. The van der Waals surface area contributed by atoms with Crippen LogP contribution < -0.4 is 10.6 Å². The highest BCUT2D eigenvalue weighted by molar-refractivity contribution is 5.90. The summed E-state index contributed by atoms with van der Waals surface area (Å²) in [5.74, 6) is -2.60. The normalized spacial score (nSPS) is 13.9. The minimum atomic E-state index is -1.32. The first kappa shape index (κ1) is 27.0. The lowest BCUT2D eigenvalue weighted by Gasteiger charge is -2.25. The van der Waals surface area contributed by atoms with Gasteiger partial charge in [0.2, 0.25) is 5.91 Å². The highest BCUT2D eigenvalue weighted by atomic mass is 16.6. The van der Waals surface area contributed by atoms with E-state index in [9.17, 15) is 24.3 Å². The van der Waals surface area contributed by atoms with Gasteiger partial charge in [-0.05, 0) is 59.6 Å². The number of esters is 1. The summed E-state index contributed by atoms with van der Waals surface area (Å²) in [4.78, 5) is 49.8. The third-order valence-corrected chi connectivity index (χ3v) is 4.97. The maximum atomic E-state index is 13.1. The molecule has 0 fully saturated rings. The number of carbonyl (C=O) groups is 4. The van der Waals surface area contributed by atoms with Crippen molar-refractivity contribution in [2.75, 3.05) is 0 Å². The van der Waals surface area contributed by atoms with Gasteiger partial charge in [0, 0.05) is 38.3 Å². The maximum Gasteiger partial charge on any atom is 0.408 e. The van der Waals surface area contributed by atoms with Gasteiger partial charge in [0.15, 0.2) is 0 Å². The van der Waals surface area contributed by atoms with Crippen molar-refractivity contribution in [2.45, 2.75) is 84.1 Å². The van der Waals surface area contributed by atoms with Crippen LogP contribution in [0.25, 0.3) is 10.9 Å². The summed E-state index contributed by atoms with van der Waals surface area (Å²) in [6, 6.07) is 4.74. The Labute approximate surface area is 212 Å². The number of fused-ring (bicyclic) bond motifs is 1. The summed E-state index contributed by atoms with van der Waals surface area (Å²) in [5.41, 5.74) is -0.114. The summed E-state index contributed by atoms with van der Waals surface area (Å²) >= 11 is 0. The van der Waals surface area contributed by atoms with Crippen molar-refractivity contribution >= 4 is 34.8 Å². The summed E-state index contributed by atoms with van der Waals surface area (Å²) < 4.78 is 19.9. The monoisotopic (exact) mass is 504 g/mol. The Morgan fingerprint density at radius 1 is 1.00 bits per heavy atom. The lowest BCUT2D eigenvalue weighted by Crippen LogP contribution is -2.53. The van der Waals surface area contributed by atoms with Gasteiger partial charge in [0.05, 0.1) is 0 Å². The molecule has 0 spiro atoms. The number of amides is 2. The van der Waals surface area contributed by atoms with Gasteiger partial charge in [-0.2, -0.15) is 0 Å². The molecule has 1 aromatic carbocycles. The molecule has 0 saturated heterocycles. The van der Waals surface area contributed by atoms with Crippen molar-refractivity contribution in [3.63, 3.8) is 0 Å². The van der Waals surface area contributed by atoms with E-state index >= 15 is 0 Å². The van der Waals surface area contributed by atoms with Crippen molar-refractivity contribution in [2.24, 2.45) is 7.02 Å². The van der Waals surface area contributed by atoms with Crippen molar-refractivity contribution in [1.29, 1.82) is 0 Å². The zero-order valence-electron chi connectivity index (χ0n) is 22.7. The van der Waals surface area contributed by atoms with E-state index in [2.05, 4.69) is 10.6 Å². The molecule has 3 N–H and O–H groups in total. The molecule has 0 aliphatic rings. The Morgan fingerprint density at radius 3 is 2.22 bits per heavy atom. The zero-order chi connectivity index (χ0) is 28.0. The predicted octanol–water partition coefficient (Wildman–Crippen LogP) is 3.31. The topological polar surface area (TPSA) is 136 Å². The smallest absolute Gasteiger partial charge is 0.408 e. The van der Waals surface area contributed by atoms with E-state index in [1.165, 1.54) is 0 Å². The van der Waals surface area contributed by atoms with Crippen LogP contribution in [0, 0.1) is 0 Å². The summed E-state index contributed by atoms with van der Waals surface area (Å²) in [6.07, 6.45) is 0.477. The molecule has 2 amide bonds. The second kappa shape index (κ2) is 11.5. The lowest BCUT2D eigenvalue weighted by molar-refractivity contribution is -0.155. The fourth-order valence-electron chi connectivity index (χ4n) is 3.55. The predicted molar refractivity (Wildman–Crippen MR) is 134 cm³/mol. The van der Waals surface area contributed by atoms with Gasteiger partial charge in [-0.1, -0.05) is 18.2 Å². The number of alkyl carbamates (subject to hydrolysis) is 1. The number of nitrogens with one attached hydrogen (secondary N) is 2. The SMILES string of the molecule is [2H]Cn1cc(C[C@H](NC(=O)[C@H](CCC(=O)OC(C)(C)C)NC(=O)OC(C)(C)C)C(=O)O)c2ccccc21. The summed E-state index contributed by atoms with van der Waals surface area (Å²) in [6.45, 7) is 10.1. The van der Waals surface area contributed by atoms with Crippen LogP contribution in [-0.2, 0) is 37.3 Å². The number of carbonyl (C=O) groups excluding carboxylic acids is 3. The van der Waals surface area contributed by atoms with Crippen LogP contribution >= 0.6 is 0 Å². The molecule has 198 valence electrons. The van der Waals surface area contributed by atoms with Crippen LogP contribution in [0.2, 0.25) is 0 Å². The van der Waals surface area contributed by atoms with Crippen LogP contribution in [0.4, 0.5) is 4.79 Å². The standard InChI is InChI=1S/C26H37N3O7/c1-25(2,3)35-21(30)13-12-18(28-24(34)36-26(4,5)6)22(31)27-19(23(32)33)14-16-15-29(7)20-11-9-8-10-17(16)20/h8-11,15,18-19H,12-14H2,1-7H3,(H,27,31)(H,28,34)(H,32,33)/t18-,19-/m0/s1/i7D. The third kappa shape index (κ3) is 8.90. The van der Waals surface area contributed by atoms with E-state index in [0.717, 1.165) is 10.9 Å². The average Bonchev–Trinajstić information content (AvgIpc) is 3.11. The number of aliphatic carboxylic acids is 1. The number of carboxylic acids is 1. The Hall–Kier alpha value is -3.56. The first-order valence-corrected chi connectivity index (χ1v) is 11.7. The molecular weight excluding hydrogens is 466 g/mol. The molecule has 2 atom stereocenters.